The molecule has 1 amide bonds. The Balaban J connectivity index is 1.71. The van der Waals surface area contributed by atoms with E-state index >= 15 is 0 Å². The number of nitrogens with zero attached hydrogens (tertiary/aromatic N) is 2. The third kappa shape index (κ3) is 4.58. The molecule has 2 atom stereocenters. The van der Waals surface area contributed by atoms with E-state index in [0.717, 1.165) is 32.1 Å². The third-order valence-electron chi connectivity index (χ3n) is 5.99. The Morgan fingerprint density at radius 2 is 2.07 bits per heavy atom. The zero-order chi connectivity index (χ0) is 19.6. The maximum absolute atomic E-state index is 12.7. The molecule has 148 valence electrons. The zero-order valence-corrected chi connectivity index (χ0v) is 16.5. The number of anilines is 1. The molecule has 2 unspecified atom stereocenters. The molecule has 2 fully saturated rings. The van der Waals surface area contributed by atoms with Gasteiger partial charge in [-0.3, -0.25) is 14.9 Å². The fourth-order valence-electron chi connectivity index (χ4n) is 4.10. The number of hydrogen-bond acceptors (Lipinski definition) is 5. The molecule has 1 aromatic carbocycles. The van der Waals surface area contributed by atoms with Gasteiger partial charge in [0.05, 0.1) is 4.92 Å². The van der Waals surface area contributed by atoms with E-state index in [0.29, 0.717) is 29.8 Å². The molecule has 1 aromatic rings. The van der Waals surface area contributed by atoms with E-state index in [-0.39, 0.29) is 17.1 Å². The Labute approximate surface area is 160 Å². The summed E-state index contributed by atoms with van der Waals surface area (Å²) in [4.78, 5) is 25.9. The molecule has 2 N–H and O–H groups in total. The fourth-order valence-corrected chi connectivity index (χ4v) is 4.10. The van der Waals surface area contributed by atoms with Gasteiger partial charge < -0.3 is 15.5 Å². The van der Waals surface area contributed by atoms with Crippen LogP contribution in [0.25, 0.3) is 0 Å². The summed E-state index contributed by atoms with van der Waals surface area (Å²) in [7, 11) is 4.13. The molecular weight excluding hydrogens is 344 g/mol. The molecule has 0 heterocycles. The topological polar surface area (TPSA) is 87.5 Å². The first-order valence-electron chi connectivity index (χ1n) is 9.81. The minimum absolute atomic E-state index is 0.0387. The van der Waals surface area contributed by atoms with Gasteiger partial charge in [0, 0.05) is 29.8 Å². The van der Waals surface area contributed by atoms with E-state index in [9.17, 15) is 14.9 Å². The van der Waals surface area contributed by atoms with Crippen molar-refractivity contribution in [1.29, 1.82) is 0 Å². The van der Waals surface area contributed by atoms with Crippen molar-refractivity contribution in [2.45, 2.75) is 57.0 Å². The van der Waals surface area contributed by atoms with Gasteiger partial charge in [-0.1, -0.05) is 19.8 Å². The van der Waals surface area contributed by atoms with Gasteiger partial charge in [0.1, 0.15) is 5.69 Å². The predicted octanol–water partition coefficient (Wildman–Crippen LogP) is 3.41. The second kappa shape index (κ2) is 7.84. The first kappa shape index (κ1) is 19.6. The minimum Gasteiger partial charge on any atom is -0.377 e. The van der Waals surface area contributed by atoms with Crippen molar-refractivity contribution in [3.8, 4) is 0 Å². The number of amides is 1. The summed E-state index contributed by atoms with van der Waals surface area (Å²) < 4.78 is 0. The van der Waals surface area contributed by atoms with Crippen LogP contribution in [0, 0.1) is 16.0 Å². The summed E-state index contributed by atoms with van der Waals surface area (Å²) in [5, 5.41) is 17.6. The number of nitrogens with one attached hydrogen (secondary N) is 2. The normalized spacial score (nSPS) is 25.3. The standard InChI is InChI=1S/C20H30N4O3/c1-14-5-4-10-20(12-14,23(2)3)13-21-19(25)15-6-9-17(22-16-7-8-16)18(11-15)24(26)27/h6,9,11,14,16,22H,4-5,7-8,10,12-13H2,1-3H3,(H,21,25). The number of benzene rings is 1. The molecule has 2 aliphatic rings. The van der Waals surface area contributed by atoms with E-state index in [1.54, 1.807) is 12.1 Å². The lowest BCUT2D eigenvalue weighted by Gasteiger charge is -2.45. The Bertz CT molecular complexity index is 717. The summed E-state index contributed by atoms with van der Waals surface area (Å²) in [6, 6.07) is 5.01. The molecule has 0 aliphatic heterocycles. The van der Waals surface area contributed by atoms with Crippen LogP contribution in [0.3, 0.4) is 0 Å². The van der Waals surface area contributed by atoms with Crippen LogP contribution >= 0.6 is 0 Å². The molecule has 2 aliphatic carbocycles. The second-order valence-corrected chi connectivity index (χ2v) is 8.41. The highest BCUT2D eigenvalue weighted by atomic mass is 16.6. The van der Waals surface area contributed by atoms with Crippen LogP contribution in [0.4, 0.5) is 11.4 Å². The van der Waals surface area contributed by atoms with Crippen LogP contribution in [0.1, 0.15) is 55.8 Å². The average Bonchev–Trinajstić information content (AvgIpc) is 3.43. The predicted molar refractivity (Wildman–Crippen MR) is 106 cm³/mol. The summed E-state index contributed by atoms with van der Waals surface area (Å²) in [5.74, 6) is 0.377. The number of carbonyl (C=O) groups excluding carboxylic acids is 1. The SMILES string of the molecule is CC1CCCC(CNC(=O)c2ccc(NC3CC3)c([N+](=O)[O-])c2)(N(C)C)C1. The molecule has 0 aromatic heterocycles. The van der Waals surface area contributed by atoms with Gasteiger partial charge in [-0.2, -0.15) is 0 Å². The van der Waals surface area contributed by atoms with E-state index in [4.69, 9.17) is 0 Å². The molecule has 0 saturated heterocycles. The van der Waals surface area contributed by atoms with Crippen molar-refractivity contribution < 1.29 is 9.72 Å². The number of likely N-dealkylation sites (N-methyl/N-ethyl adjacent to an activating group) is 1. The van der Waals surface area contributed by atoms with Crippen LogP contribution in [0.2, 0.25) is 0 Å². The molecule has 0 bridgehead atoms. The smallest absolute Gasteiger partial charge is 0.293 e. The van der Waals surface area contributed by atoms with Gasteiger partial charge in [0.25, 0.3) is 11.6 Å². The first-order valence-corrected chi connectivity index (χ1v) is 9.81. The molecule has 3 rings (SSSR count). The maximum atomic E-state index is 12.7. The monoisotopic (exact) mass is 374 g/mol. The lowest BCUT2D eigenvalue weighted by Crippen LogP contribution is -2.55. The Hall–Kier alpha value is -2.15. The van der Waals surface area contributed by atoms with E-state index < -0.39 is 4.92 Å². The number of rotatable bonds is 7. The van der Waals surface area contributed by atoms with Crippen molar-refractivity contribution in [2.24, 2.45) is 5.92 Å². The van der Waals surface area contributed by atoms with Gasteiger partial charge >= 0.3 is 0 Å². The van der Waals surface area contributed by atoms with Crippen LogP contribution in [-0.2, 0) is 0 Å². The van der Waals surface area contributed by atoms with Gasteiger partial charge in [-0.25, -0.2) is 0 Å². The quantitative estimate of drug-likeness (QED) is 0.564. The van der Waals surface area contributed by atoms with Crippen molar-refractivity contribution in [3.63, 3.8) is 0 Å². The number of carbonyl (C=O) groups is 1. The van der Waals surface area contributed by atoms with Gasteiger partial charge in [-0.15, -0.1) is 0 Å². The molecule has 7 nitrogen and oxygen atoms in total. The molecule has 27 heavy (non-hydrogen) atoms. The fraction of sp³-hybridized carbons (Fsp3) is 0.650. The van der Waals surface area contributed by atoms with E-state index in [1.165, 1.54) is 12.5 Å². The number of nitro groups is 1. The summed E-state index contributed by atoms with van der Waals surface area (Å²) in [5.41, 5.74) is 0.737. The summed E-state index contributed by atoms with van der Waals surface area (Å²) in [6.45, 7) is 2.81. The van der Waals surface area contributed by atoms with Crippen molar-refractivity contribution in [3.05, 3.63) is 33.9 Å². The number of hydrogen-bond donors (Lipinski definition) is 2. The zero-order valence-electron chi connectivity index (χ0n) is 16.5. The molecule has 0 spiro atoms. The van der Waals surface area contributed by atoms with Crippen LogP contribution in [0.15, 0.2) is 18.2 Å². The Kier molecular flexibility index (Phi) is 5.69. The maximum Gasteiger partial charge on any atom is 0.293 e. The van der Waals surface area contributed by atoms with Gasteiger partial charge in [-0.05, 0) is 57.8 Å². The molecular formula is C20H30N4O3. The van der Waals surface area contributed by atoms with Crippen molar-refractivity contribution in [2.75, 3.05) is 26.0 Å². The van der Waals surface area contributed by atoms with E-state index in [2.05, 4.69) is 36.6 Å². The van der Waals surface area contributed by atoms with Crippen molar-refractivity contribution >= 4 is 17.3 Å². The summed E-state index contributed by atoms with van der Waals surface area (Å²) in [6.07, 6.45) is 6.54. The number of nitro benzene ring substituents is 1. The Morgan fingerprint density at radius 3 is 2.67 bits per heavy atom. The highest BCUT2D eigenvalue weighted by Gasteiger charge is 2.37. The van der Waals surface area contributed by atoms with Crippen LogP contribution < -0.4 is 10.6 Å². The molecule has 7 heteroatoms. The lowest BCUT2D eigenvalue weighted by atomic mass is 9.75. The summed E-state index contributed by atoms with van der Waals surface area (Å²) >= 11 is 0. The lowest BCUT2D eigenvalue weighted by molar-refractivity contribution is -0.384. The second-order valence-electron chi connectivity index (χ2n) is 8.41. The van der Waals surface area contributed by atoms with Crippen molar-refractivity contribution in [1.82, 2.24) is 10.2 Å². The molecule has 2 saturated carbocycles. The van der Waals surface area contributed by atoms with Gasteiger partial charge in [0.2, 0.25) is 0 Å². The largest absolute Gasteiger partial charge is 0.377 e. The van der Waals surface area contributed by atoms with Gasteiger partial charge in [0.15, 0.2) is 0 Å². The van der Waals surface area contributed by atoms with Crippen LogP contribution in [0.5, 0.6) is 0 Å². The first-order chi connectivity index (χ1) is 12.8. The third-order valence-corrected chi connectivity index (χ3v) is 5.99. The molecule has 0 radical (unpaired) electrons. The highest BCUT2D eigenvalue weighted by molar-refractivity contribution is 5.95. The van der Waals surface area contributed by atoms with E-state index in [1.807, 2.05) is 0 Å². The average molecular weight is 374 g/mol. The Morgan fingerprint density at radius 1 is 1.33 bits per heavy atom. The minimum atomic E-state index is -0.425. The van der Waals surface area contributed by atoms with Crippen LogP contribution in [-0.4, -0.2) is 48.0 Å². The highest BCUT2D eigenvalue weighted by Crippen LogP contribution is 2.35.